The zero-order chi connectivity index (χ0) is 16.9. The van der Waals surface area contributed by atoms with Gasteiger partial charge in [0.25, 0.3) is 0 Å². The van der Waals surface area contributed by atoms with Crippen molar-refractivity contribution >= 4 is 17.4 Å². The molecule has 1 aliphatic heterocycles. The van der Waals surface area contributed by atoms with Gasteiger partial charge in [-0.3, -0.25) is 9.69 Å². The Bertz CT molecular complexity index is 529. The average Bonchev–Trinajstić information content (AvgIpc) is 2.63. The summed E-state index contributed by atoms with van der Waals surface area (Å²) in [5, 5.41) is 3.04. The molecule has 2 heterocycles. The van der Waals surface area contributed by atoms with Crippen LogP contribution in [0.2, 0.25) is 0 Å². The maximum Gasteiger partial charge on any atom is 0.227 e. The smallest absolute Gasteiger partial charge is 0.227 e. The lowest BCUT2D eigenvalue weighted by Crippen LogP contribution is -2.49. The number of amides is 1. The van der Waals surface area contributed by atoms with Crippen LogP contribution in [-0.4, -0.2) is 48.0 Å². The first-order chi connectivity index (χ1) is 11.6. The number of hydrogen-bond donors (Lipinski definition) is 1. The van der Waals surface area contributed by atoms with E-state index in [-0.39, 0.29) is 11.8 Å². The van der Waals surface area contributed by atoms with Crippen LogP contribution in [-0.2, 0) is 4.79 Å². The summed E-state index contributed by atoms with van der Waals surface area (Å²) in [7, 11) is 0. The van der Waals surface area contributed by atoms with Crippen LogP contribution in [0.4, 0.5) is 11.5 Å². The number of nitrogens with zero attached hydrogens (tertiary/aromatic N) is 3. The standard InChI is InChI=1S/C19H30N4O/c1-15(2)22-10-12-23(13-11-22)18-9-8-17(14-20-18)21-19(24)16-6-4-3-5-7-16/h8-9,14-16H,3-7,10-13H2,1-2H3,(H,21,24). The molecule has 0 radical (unpaired) electrons. The van der Waals surface area contributed by atoms with Gasteiger partial charge in [0.2, 0.25) is 5.91 Å². The molecule has 1 amide bonds. The number of nitrogens with one attached hydrogen (secondary N) is 1. The predicted octanol–water partition coefficient (Wildman–Crippen LogP) is 3.13. The van der Waals surface area contributed by atoms with Crippen LogP contribution in [0.5, 0.6) is 0 Å². The first-order valence-corrected chi connectivity index (χ1v) is 9.39. The lowest BCUT2D eigenvalue weighted by Gasteiger charge is -2.37. The summed E-state index contributed by atoms with van der Waals surface area (Å²) in [6.07, 6.45) is 7.47. The lowest BCUT2D eigenvalue weighted by atomic mass is 9.88. The average molecular weight is 330 g/mol. The molecular weight excluding hydrogens is 300 g/mol. The van der Waals surface area contributed by atoms with Crippen LogP contribution in [0.15, 0.2) is 18.3 Å². The van der Waals surface area contributed by atoms with Crippen molar-refractivity contribution in [2.24, 2.45) is 5.92 Å². The number of pyridine rings is 1. The van der Waals surface area contributed by atoms with Gasteiger partial charge in [0.05, 0.1) is 11.9 Å². The first-order valence-electron chi connectivity index (χ1n) is 9.39. The van der Waals surface area contributed by atoms with Crippen LogP contribution >= 0.6 is 0 Å². The highest BCUT2D eigenvalue weighted by Gasteiger charge is 2.22. The number of carbonyl (C=O) groups is 1. The molecule has 1 saturated heterocycles. The van der Waals surface area contributed by atoms with Crippen LogP contribution in [0.1, 0.15) is 46.0 Å². The fourth-order valence-electron chi connectivity index (χ4n) is 3.72. The van der Waals surface area contributed by atoms with Crippen LogP contribution in [0.3, 0.4) is 0 Å². The Labute approximate surface area is 145 Å². The second-order valence-corrected chi connectivity index (χ2v) is 7.35. The van der Waals surface area contributed by atoms with Gasteiger partial charge < -0.3 is 10.2 Å². The van der Waals surface area contributed by atoms with Gasteiger partial charge in [-0.05, 0) is 38.8 Å². The highest BCUT2D eigenvalue weighted by Crippen LogP contribution is 2.25. The molecule has 1 aromatic heterocycles. The number of rotatable bonds is 4. The number of anilines is 2. The fraction of sp³-hybridized carbons (Fsp3) is 0.684. The van der Waals surface area contributed by atoms with E-state index in [4.69, 9.17) is 0 Å². The van der Waals surface area contributed by atoms with Crippen molar-refractivity contribution in [3.63, 3.8) is 0 Å². The molecule has 0 spiro atoms. The minimum absolute atomic E-state index is 0.162. The second kappa shape index (κ2) is 7.97. The van der Waals surface area contributed by atoms with E-state index in [0.717, 1.165) is 50.5 Å². The van der Waals surface area contributed by atoms with E-state index in [9.17, 15) is 4.79 Å². The number of aromatic nitrogens is 1. The van der Waals surface area contributed by atoms with Crippen LogP contribution < -0.4 is 10.2 Å². The third-order valence-electron chi connectivity index (χ3n) is 5.36. The monoisotopic (exact) mass is 330 g/mol. The summed E-state index contributed by atoms with van der Waals surface area (Å²) in [5.41, 5.74) is 0.815. The van der Waals surface area contributed by atoms with Crippen molar-refractivity contribution < 1.29 is 4.79 Å². The van der Waals surface area contributed by atoms with Crippen molar-refractivity contribution in [2.75, 3.05) is 36.4 Å². The van der Waals surface area contributed by atoms with Gasteiger partial charge in [0.1, 0.15) is 5.82 Å². The van der Waals surface area contributed by atoms with E-state index in [1.807, 2.05) is 12.1 Å². The molecule has 132 valence electrons. The van der Waals surface area contributed by atoms with Crippen LogP contribution in [0.25, 0.3) is 0 Å². The molecule has 1 N–H and O–H groups in total. The molecular formula is C19H30N4O. The SMILES string of the molecule is CC(C)N1CCN(c2ccc(NC(=O)C3CCCCC3)cn2)CC1. The van der Waals surface area contributed by atoms with Gasteiger partial charge in [-0.2, -0.15) is 0 Å². The molecule has 0 bridgehead atoms. The van der Waals surface area contributed by atoms with Gasteiger partial charge in [-0.25, -0.2) is 4.98 Å². The van der Waals surface area contributed by atoms with E-state index in [0.29, 0.717) is 6.04 Å². The maximum atomic E-state index is 12.3. The molecule has 1 aliphatic carbocycles. The van der Waals surface area contributed by atoms with E-state index < -0.39 is 0 Å². The third-order valence-corrected chi connectivity index (χ3v) is 5.36. The summed E-state index contributed by atoms with van der Waals surface area (Å²) in [5.74, 6) is 1.35. The molecule has 2 fully saturated rings. The third kappa shape index (κ3) is 4.26. The summed E-state index contributed by atoms with van der Waals surface area (Å²) in [4.78, 5) is 21.7. The number of carbonyl (C=O) groups excluding carboxylic acids is 1. The Morgan fingerprint density at radius 3 is 2.42 bits per heavy atom. The topological polar surface area (TPSA) is 48.5 Å². The first kappa shape index (κ1) is 17.2. The molecule has 0 aromatic carbocycles. The molecule has 1 aromatic rings. The minimum Gasteiger partial charge on any atom is -0.354 e. The molecule has 0 unspecified atom stereocenters. The van der Waals surface area contributed by atoms with Crippen molar-refractivity contribution in [2.45, 2.75) is 52.0 Å². The normalized spacial score (nSPS) is 20.4. The Morgan fingerprint density at radius 1 is 1.12 bits per heavy atom. The largest absolute Gasteiger partial charge is 0.354 e. The van der Waals surface area contributed by atoms with Crippen molar-refractivity contribution in [3.8, 4) is 0 Å². The van der Waals surface area contributed by atoms with Gasteiger partial charge in [0, 0.05) is 38.1 Å². The van der Waals surface area contributed by atoms with Crippen molar-refractivity contribution in [3.05, 3.63) is 18.3 Å². The van der Waals surface area contributed by atoms with E-state index in [1.165, 1.54) is 19.3 Å². The Morgan fingerprint density at radius 2 is 1.83 bits per heavy atom. The minimum atomic E-state index is 0.162. The zero-order valence-corrected chi connectivity index (χ0v) is 15.0. The van der Waals surface area contributed by atoms with E-state index in [2.05, 4.69) is 33.9 Å². The number of piperazine rings is 1. The second-order valence-electron chi connectivity index (χ2n) is 7.35. The lowest BCUT2D eigenvalue weighted by molar-refractivity contribution is -0.120. The van der Waals surface area contributed by atoms with Crippen molar-refractivity contribution in [1.82, 2.24) is 9.88 Å². The summed E-state index contributed by atoms with van der Waals surface area (Å²) in [6, 6.07) is 4.62. The Hall–Kier alpha value is -1.62. The predicted molar refractivity (Wildman–Crippen MR) is 98.4 cm³/mol. The zero-order valence-electron chi connectivity index (χ0n) is 15.0. The molecule has 0 atom stereocenters. The maximum absolute atomic E-state index is 12.3. The molecule has 1 saturated carbocycles. The van der Waals surface area contributed by atoms with Crippen LogP contribution in [0, 0.1) is 5.92 Å². The molecule has 3 rings (SSSR count). The van der Waals surface area contributed by atoms with Gasteiger partial charge in [0.15, 0.2) is 0 Å². The van der Waals surface area contributed by atoms with Gasteiger partial charge in [-0.1, -0.05) is 19.3 Å². The highest BCUT2D eigenvalue weighted by molar-refractivity contribution is 5.92. The Balaban J connectivity index is 1.53. The Kier molecular flexibility index (Phi) is 5.72. The summed E-state index contributed by atoms with van der Waals surface area (Å²) in [6.45, 7) is 8.69. The van der Waals surface area contributed by atoms with Gasteiger partial charge in [-0.15, -0.1) is 0 Å². The molecule has 2 aliphatic rings. The van der Waals surface area contributed by atoms with E-state index >= 15 is 0 Å². The number of hydrogen-bond acceptors (Lipinski definition) is 4. The highest BCUT2D eigenvalue weighted by atomic mass is 16.1. The van der Waals surface area contributed by atoms with E-state index in [1.54, 1.807) is 6.20 Å². The van der Waals surface area contributed by atoms with Crippen molar-refractivity contribution in [1.29, 1.82) is 0 Å². The fourth-order valence-corrected chi connectivity index (χ4v) is 3.72. The molecule has 5 heteroatoms. The van der Waals surface area contributed by atoms with Gasteiger partial charge >= 0.3 is 0 Å². The molecule has 24 heavy (non-hydrogen) atoms. The summed E-state index contributed by atoms with van der Waals surface area (Å²) >= 11 is 0. The summed E-state index contributed by atoms with van der Waals surface area (Å²) < 4.78 is 0. The molecule has 5 nitrogen and oxygen atoms in total. The quantitative estimate of drug-likeness (QED) is 0.921.